The van der Waals surface area contributed by atoms with Crippen LogP contribution in [0.15, 0.2) is 29.6 Å². The zero-order chi connectivity index (χ0) is 12.3. The van der Waals surface area contributed by atoms with Gasteiger partial charge in [-0.3, -0.25) is 10.1 Å². The second-order valence-corrected chi connectivity index (χ2v) is 3.90. The molecule has 6 nitrogen and oxygen atoms in total. The van der Waals surface area contributed by atoms with Crippen LogP contribution in [0.5, 0.6) is 5.88 Å². The highest BCUT2D eigenvalue weighted by Gasteiger charge is 2.18. The lowest BCUT2D eigenvalue weighted by Crippen LogP contribution is -1.96. The first kappa shape index (κ1) is 11.0. The lowest BCUT2D eigenvalue weighted by atomic mass is 10.3. The second-order valence-electron chi connectivity index (χ2n) is 2.95. The number of pyridine rings is 1. The van der Waals surface area contributed by atoms with Gasteiger partial charge in [0.05, 0.1) is 15.5 Å². The van der Waals surface area contributed by atoms with Gasteiger partial charge in [0.15, 0.2) is 0 Å². The van der Waals surface area contributed by atoms with Gasteiger partial charge in [-0.05, 0) is 17.5 Å². The van der Waals surface area contributed by atoms with Crippen LogP contribution in [0.2, 0.25) is 0 Å². The molecule has 0 aliphatic carbocycles. The van der Waals surface area contributed by atoms with Crippen molar-refractivity contribution in [2.75, 3.05) is 0 Å². The van der Waals surface area contributed by atoms with E-state index in [1.54, 1.807) is 0 Å². The molecule has 0 unspecified atom stereocenters. The average Bonchev–Trinajstić information content (AvgIpc) is 2.82. The second kappa shape index (κ2) is 4.59. The third-order valence-electron chi connectivity index (χ3n) is 1.95. The molecule has 2 heterocycles. The lowest BCUT2D eigenvalue weighted by Gasteiger charge is -2.00. The van der Waals surface area contributed by atoms with Crippen LogP contribution in [0, 0.1) is 21.6 Å². The van der Waals surface area contributed by atoms with E-state index in [4.69, 9.17) is 5.26 Å². The molecular formula is C10H5N3O3S. The number of nitriles is 1. The first-order valence-corrected chi connectivity index (χ1v) is 5.35. The first-order chi connectivity index (χ1) is 8.22. The maximum absolute atomic E-state index is 10.7. The fraction of sp³-hybridized carbons (Fsp3) is 0. The minimum absolute atomic E-state index is 0.289. The highest BCUT2D eigenvalue weighted by molar-refractivity contribution is 7.13. The van der Waals surface area contributed by atoms with E-state index in [2.05, 4.69) is 9.72 Å². The van der Waals surface area contributed by atoms with Gasteiger partial charge in [0, 0.05) is 6.07 Å². The monoisotopic (exact) mass is 247 g/mol. The van der Waals surface area contributed by atoms with E-state index in [0.29, 0.717) is 5.69 Å². The number of hydrogen-bond donors (Lipinski definition) is 0. The van der Waals surface area contributed by atoms with Gasteiger partial charge in [0.25, 0.3) is 6.26 Å². The van der Waals surface area contributed by atoms with Gasteiger partial charge in [-0.15, -0.1) is 16.6 Å². The van der Waals surface area contributed by atoms with Crippen molar-refractivity contribution in [1.82, 2.24) is 4.98 Å². The van der Waals surface area contributed by atoms with Crippen LogP contribution in [0.25, 0.3) is 10.6 Å². The van der Waals surface area contributed by atoms with Crippen molar-refractivity contribution in [3.63, 3.8) is 0 Å². The molecule has 7 heteroatoms. The van der Waals surface area contributed by atoms with E-state index in [-0.39, 0.29) is 11.6 Å². The van der Waals surface area contributed by atoms with Crippen molar-refractivity contribution in [2.24, 2.45) is 0 Å². The summed E-state index contributed by atoms with van der Waals surface area (Å²) in [5.74, 6) is -0.289. The number of ether oxygens (including phenoxy) is 1. The summed E-state index contributed by atoms with van der Waals surface area (Å²) in [6.07, 6.45) is 1.39. The molecule has 0 aromatic carbocycles. The van der Waals surface area contributed by atoms with Crippen LogP contribution in [-0.4, -0.2) is 9.91 Å². The molecule has 0 bridgehead atoms. The normalized spacial score (nSPS) is 9.59. The Hall–Kier alpha value is -2.46. The van der Waals surface area contributed by atoms with Crippen molar-refractivity contribution in [3.8, 4) is 22.7 Å². The average molecular weight is 247 g/mol. The zero-order valence-electron chi connectivity index (χ0n) is 8.36. The molecule has 0 radical (unpaired) electrons. The Labute approximate surface area is 99.9 Å². The number of aromatic nitrogens is 1. The van der Waals surface area contributed by atoms with Crippen LogP contribution in [-0.2, 0) is 0 Å². The van der Waals surface area contributed by atoms with Crippen LogP contribution >= 0.6 is 11.3 Å². The van der Waals surface area contributed by atoms with E-state index >= 15 is 0 Å². The van der Waals surface area contributed by atoms with Crippen LogP contribution in [0.4, 0.5) is 5.69 Å². The Bertz CT molecular complexity index is 589. The summed E-state index contributed by atoms with van der Waals surface area (Å²) in [7, 11) is 0. The molecule has 2 aromatic rings. The Balaban J connectivity index is 2.50. The largest absolute Gasteiger partial charge is 0.360 e. The lowest BCUT2D eigenvalue weighted by molar-refractivity contribution is -0.386. The summed E-state index contributed by atoms with van der Waals surface area (Å²) in [4.78, 5) is 14.8. The van der Waals surface area contributed by atoms with E-state index in [1.807, 2.05) is 17.5 Å². The fourth-order valence-electron chi connectivity index (χ4n) is 1.25. The Morgan fingerprint density at radius 1 is 1.47 bits per heavy atom. The molecule has 2 aromatic heterocycles. The molecule has 17 heavy (non-hydrogen) atoms. The van der Waals surface area contributed by atoms with E-state index in [9.17, 15) is 10.1 Å². The predicted molar refractivity (Wildman–Crippen MR) is 60.4 cm³/mol. The molecule has 0 aliphatic rings. The van der Waals surface area contributed by atoms with Gasteiger partial charge in [-0.25, -0.2) is 4.98 Å². The number of nitrogens with zero attached hydrogens (tertiary/aromatic N) is 3. The maximum Gasteiger partial charge on any atom is 0.332 e. The molecule has 0 N–H and O–H groups in total. The first-order valence-electron chi connectivity index (χ1n) is 4.47. The third-order valence-corrected chi connectivity index (χ3v) is 2.85. The van der Waals surface area contributed by atoms with Gasteiger partial charge in [-0.2, -0.15) is 0 Å². The number of rotatable bonds is 3. The van der Waals surface area contributed by atoms with Crippen LogP contribution < -0.4 is 4.74 Å². The summed E-state index contributed by atoms with van der Waals surface area (Å²) < 4.78 is 4.49. The van der Waals surface area contributed by atoms with Gasteiger partial charge in [0.1, 0.15) is 0 Å². The van der Waals surface area contributed by atoms with Gasteiger partial charge in [0.2, 0.25) is 0 Å². The summed E-state index contributed by atoms with van der Waals surface area (Å²) in [6, 6.07) is 6.46. The summed E-state index contributed by atoms with van der Waals surface area (Å²) in [5.41, 5.74) is 0.211. The molecule has 0 saturated carbocycles. The third kappa shape index (κ3) is 2.21. The van der Waals surface area contributed by atoms with Gasteiger partial charge >= 0.3 is 11.6 Å². The predicted octanol–water partition coefficient (Wildman–Crippen LogP) is 2.58. The molecular weight excluding hydrogens is 242 g/mol. The molecule has 84 valence electrons. The molecule has 0 aliphatic heterocycles. The van der Waals surface area contributed by atoms with Crippen molar-refractivity contribution >= 4 is 17.0 Å². The Morgan fingerprint density at radius 2 is 2.29 bits per heavy atom. The smallest absolute Gasteiger partial charge is 0.332 e. The highest BCUT2D eigenvalue weighted by Crippen LogP contribution is 2.30. The molecule has 0 amide bonds. The number of thiophene rings is 1. The van der Waals surface area contributed by atoms with Crippen molar-refractivity contribution in [2.45, 2.75) is 0 Å². The summed E-state index contributed by atoms with van der Waals surface area (Å²) in [6.45, 7) is 0. The Kier molecular flexibility index (Phi) is 2.98. The molecule has 2 rings (SSSR count). The van der Waals surface area contributed by atoms with Crippen LogP contribution in [0.1, 0.15) is 0 Å². The quantitative estimate of drug-likeness (QED) is 0.472. The van der Waals surface area contributed by atoms with Crippen molar-refractivity contribution in [1.29, 1.82) is 5.26 Å². The van der Waals surface area contributed by atoms with E-state index in [0.717, 1.165) is 4.88 Å². The summed E-state index contributed by atoms with van der Waals surface area (Å²) >= 11 is 1.45. The van der Waals surface area contributed by atoms with Crippen molar-refractivity contribution in [3.05, 3.63) is 39.8 Å². The zero-order valence-corrected chi connectivity index (χ0v) is 9.18. The topological polar surface area (TPSA) is 89.0 Å². The van der Waals surface area contributed by atoms with Gasteiger partial charge < -0.3 is 4.74 Å². The standard InChI is InChI=1S/C10H5N3O3S/c11-6-16-10-8(13(14)15)4-3-7(12-10)9-2-1-5-17-9/h1-5H. The van der Waals surface area contributed by atoms with E-state index < -0.39 is 4.92 Å². The number of hydrogen-bond acceptors (Lipinski definition) is 6. The Morgan fingerprint density at radius 3 is 2.88 bits per heavy atom. The van der Waals surface area contributed by atoms with Crippen LogP contribution in [0.3, 0.4) is 0 Å². The maximum atomic E-state index is 10.7. The molecule has 0 atom stereocenters. The fourth-order valence-corrected chi connectivity index (χ4v) is 1.95. The van der Waals surface area contributed by atoms with E-state index in [1.165, 1.54) is 29.7 Å². The van der Waals surface area contributed by atoms with Gasteiger partial charge in [-0.1, -0.05) is 6.07 Å². The summed E-state index contributed by atoms with van der Waals surface area (Å²) in [5, 5.41) is 21.0. The number of nitro groups is 1. The highest BCUT2D eigenvalue weighted by atomic mass is 32.1. The van der Waals surface area contributed by atoms with Crippen molar-refractivity contribution < 1.29 is 9.66 Å². The minimum Gasteiger partial charge on any atom is -0.360 e. The minimum atomic E-state index is -0.641. The molecule has 0 fully saturated rings. The molecule has 0 saturated heterocycles. The molecule has 0 spiro atoms. The SMILES string of the molecule is N#COc1nc(-c2cccs2)ccc1[N+](=O)[O-].